The lowest BCUT2D eigenvalue weighted by Gasteiger charge is -2.32. The highest BCUT2D eigenvalue weighted by Crippen LogP contribution is 2.31. The summed E-state index contributed by atoms with van der Waals surface area (Å²) >= 11 is 4.56. The number of esters is 1. The molecule has 1 aromatic carbocycles. The van der Waals surface area contributed by atoms with E-state index in [2.05, 4.69) is 24.9 Å². The number of benzene rings is 1. The fraction of sp³-hybridized carbons (Fsp3) is 0.654. The molecule has 1 aromatic rings. The molecule has 0 aliphatic heterocycles. The molecule has 0 saturated heterocycles. The topological polar surface area (TPSA) is 81.7 Å². The van der Waals surface area contributed by atoms with Gasteiger partial charge in [0.2, 0.25) is 5.91 Å². The maximum atomic E-state index is 13.4. The van der Waals surface area contributed by atoms with Gasteiger partial charge in [-0.2, -0.15) is 12.6 Å². The Balaban J connectivity index is 3.13. The molecule has 186 valence electrons. The molecule has 1 rings (SSSR count). The number of carbonyl (C=O) groups is 3. The van der Waals surface area contributed by atoms with Crippen molar-refractivity contribution in [1.82, 2.24) is 5.32 Å². The number of ether oxygens (including phenoxy) is 2. The van der Waals surface area contributed by atoms with Crippen LogP contribution in [0.15, 0.2) is 24.3 Å². The molecule has 0 bridgehead atoms. The standard InChI is InChI=1S/C26H41NO5S/c1-8-9-10-11-12-21(26(6,33)18(2)28)23(29)27-22(24(30)32-25(3,4)5)17-19-13-15-20(31-7)16-14-19/h13-16,21-22,33H,8-12,17H2,1-7H3,(H,27,29)/t21?,22-,26?/m0/s1. The maximum Gasteiger partial charge on any atom is 0.329 e. The molecule has 0 aromatic heterocycles. The summed E-state index contributed by atoms with van der Waals surface area (Å²) in [6.07, 6.45) is 4.71. The molecule has 0 aliphatic carbocycles. The normalized spacial score (nSPS) is 15.2. The van der Waals surface area contributed by atoms with Gasteiger partial charge in [0.25, 0.3) is 0 Å². The van der Waals surface area contributed by atoms with Gasteiger partial charge in [0, 0.05) is 6.42 Å². The first kappa shape index (κ1) is 29.0. The van der Waals surface area contributed by atoms with E-state index in [1.54, 1.807) is 46.9 Å². The summed E-state index contributed by atoms with van der Waals surface area (Å²) in [6.45, 7) is 10.6. The van der Waals surface area contributed by atoms with Crippen molar-refractivity contribution in [2.75, 3.05) is 7.11 Å². The number of unbranched alkanes of at least 4 members (excludes halogenated alkanes) is 3. The number of nitrogens with one attached hydrogen (secondary N) is 1. The molecule has 0 spiro atoms. The summed E-state index contributed by atoms with van der Waals surface area (Å²) in [4.78, 5) is 38.7. The molecule has 1 amide bonds. The van der Waals surface area contributed by atoms with Crippen molar-refractivity contribution in [2.45, 2.75) is 96.5 Å². The van der Waals surface area contributed by atoms with Gasteiger partial charge in [0.1, 0.15) is 23.2 Å². The molecule has 0 saturated carbocycles. The number of amides is 1. The summed E-state index contributed by atoms with van der Waals surface area (Å²) < 4.78 is 9.65. The van der Waals surface area contributed by atoms with Gasteiger partial charge in [0.15, 0.2) is 0 Å². The second-order valence-electron chi connectivity index (χ2n) is 9.75. The minimum Gasteiger partial charge on any atom is -0.497 e. The zero-order chi connectivity index (χ0) is 25.2. The van der Waals surface area contributed by atoms with E-state index < -0.39 is 28.3 Å². The van der Waals surface area contributed by atoms with Crippen molar-refractivity contribution in [3.8, 4) is 5.75 Å². The van der Waals surface area contributed by atoms with Crippen LogP contribution in [0.3, 0.4) is 0 Å². The second-order valence-corrected chi connectivity index (χ2v) is 10.7. The van der Waals surface area contributed by atoms with Crippen LogP contribution in [-0.2, 0) is 25.5 Å². The Hall–Kier alpha value is -2.02. The second kappa shape index (κ2) is 13.0. The van der Waals surface area contributed by atoms with Crippen LogP contribution in [-0.4, -0.2) is 41.2 Å². The first-order valence-electron chi connectivity index (χ1n) is 11.7. The lowest BCUT2D eigenvalue weighted by Crippen LogP contribution is -2.52. The van der Waals surface area contributed by atoms with Crippen LogP contribution in [0.4, 0.5) is 0 Å². The van der Waals surface area contributed by atoms with Crippen molar-refractivity contribution in [1.29, 1.82) is 0 Å². The summed E-state index contributed by atoms with van der Waals surface area (Å²) in [5.41, 5.74) is 0.156. The van der Waals surface area contributed by atoms with Crippen LogP contribution in [0.2, 0.25) is 0 Å². The van der Waals surface area contributed by atoms with Crippen LogP contribution in [0.25, 0.3) is 0 Å². The van der Waals surface area contributed by atoms with E-state index in [9.17, 15) is 14.4 Å². The Bertz CT molecular complexity index is 783. The van der Waals surface area contributed by atoms with Gasteiger partial charge >= 0.3 is 5.97 Å². The maximum absolute atomic E-state index is 13.4. The Morgan fingerprint density at radius 3 is 2.12 bits per heavy atom. The van der Waals surface area contributed by atoms with Gasteiger partial charge in [-0.25, -0.2) is 4.79 Å². The molecule has 0 fully saturated rings. The third kappa shape index (κ3) is 9.78. The summed E-state index contributed by atoms with van der Waals surface area (Å²) in [5, 5.41) is 2.87. The highest BCUT2D eigenvalue weighted by molar-refractivity contribution is 7.82. The summed E-state index contributed by atoms with van der Waals surface area (Å²) in [5.74, 6) is -0.999. The number of ketones is 1. The molecule has 2 unspecified atom stereocenters. The molecular formula is C26H41NO5S. The van der Waals surface area contributed by atoms with Gasteiger partial charge in [0.05, 0.1) is 17.8 Å². The summed E-state index contributed by atoms with van der Waals surface area (Å²) in [7, 11) is 1.59. The number of hydrogen-bond acceptors (Lipinski definition) is 6. The Kier molecular flexibility index (Phi) is 11.4. The molecule has 7 heteroatoms. The number of thiol groups is 1. The molecule has 0 radical (unpaired) electrons. The van der Waals surface area contributed by atoms with E-state index in [-0.39, 0.29) is 18.1 Å². The van der Waals surface area contributed by atoms with Crippen molar-refractivity contribution in [2.24, 2.45) is 5.92 Å². The highest BCUT2D eigenvalue weighted by atomic mass is 32.1. The number of carbonyl (C=O) groups excluding carboxylic acids is 3. The fourth-order valence-electron chi connectivity index (χ4n) is 3.52. The van der Waals surface area contributed by atoms with E-state index in [0.29, 0.717) is 12.2 Å². The van der Waals surface area contributed by atoms with E-state index >= 15 is 0 Å². The van der Waals surface area contributed by atoms with Gasteiger partial charge in [-0.15, -0.1) is 0 Å². The van der Waals surface area contributed by atoms with Crippen LogP contribution in [0.1, 0.15) is 79.2 Å². The highest BCUT2D eigenvalue weighted by Gasteiger charge is 2.41. The average Bonchev–Trinajstić information content (AvgIpc) is 2.72. The Labute approximate surface area is 204 Å². The number of Topliss-reactive ketones (excluding diaryl/α,β-unsaturated/α-hetero) is 1. The van der Waals surface area contributed by atoms with Crippen molar-refractivity contribution >= 4 is 30.3 Å². The predicted molar refractivity (Wildman–Crippen MR) is 135 cm³/mol. The van der Waals surface area contributed by atoms with Gasteiger partial charge in [-0.1, -0.05) is 44.7 Å². The quantitative estimate of drug-likeness (QED) is 0.238. The Morgan fingerprint density at radius 1 is 1.03 bits per heavy atom. The molecule has 33 heavy (non-hydrogen) atoms. The lowest BCUT2D eigenvalue weighted by atomic mass is 9.84. The van der Waals surface area contributed by atoms with Crippen LogP contribution < -0.4 is 10.1 Å². The monoisotopic (exact) mass is 479 g/mol. The first-order chi connectivity index (χ1) is 15.3. The van der Waals surface area contributed by atoms with Crippen molar-refractivity contribution in [3.05, 3.63) is 29.8 Å². The van der Waals surface area contributed by atoms with Crippen LogP contribution in [0, 0.1) is 5.92 Å². The molecule has 0 heterocycles. The zero-order valence-electron chi connectivity index (χ0n) is 21.2. The minimum absolute atomic E-state index is 0.176. The SMILES string of the molecule is CCCCCCC(C(=O)N[C@@H](Cc1ccc(OC)cc1)C(=O)OC(C)(C)C)C(C)(S)C(C)=O. The first-order valence-corrected chi connectivity index (χ1v) is 12.2. The van der Waals surface area contributed by atoms with Crippen LogP contribution >= 0.6 is 12.6 Å². The van der Waals surface area contributed by atoms with E-state index in [1.165, 1.54) is 6.92 Å². The lowest BCUT2D eigenvalue weighted by molar-refractivity contribution is -0.159. The third-order valence-corrected chi connectivity index (χ3v) is 6.29. The zero-order valence-corrected chi connectivity index (χ0v) is 22.1. The smallest absolute Gasteiger partial charge is 0.329 e. The van der Waals surface area contributed by atoms with Crippen molar-refractivity contribution < 1.29 is 23.9 Å². The van der Waals surface area contributed by atoms with Gasteiger partial charge < -0.3 is 14.8 Å². The molecule has 6 nitrogen and oxygen atoms in total. The number of rotatable bonds is 13. The summed E-state index contributed by atoms with van der Waals surface area (Å²) in [6, 6.07) is 6.42. The van der Waals surface area contributed by atoms with Gasteiger partial charge in [-0.05, 0) is 58.7 Å². The van der Waals surface area contributed by atoms with E-state index in [4.69, 9.17) is 9.47 Å². The average molecular weight is 480 g/mol. The van der Waals surface area contributed by atoms with Crippen molar-refractivity contribution in [3.63, 3.8) is 0 Å². The number of hydrogen-bond donors (Lipinski definition) is 2. The fourth-order valence-corrected chi connectivity index (χ4v) is 3.77. The third-order valence-electron chi connectivity index (χ3n) is 5.66. The molecule has 3 atom stereocenters. The largest absolute Gasteiger partial charge is 0.497 e. The predicted octanol–water partition coefficient (Wildman–Crippen LogP) is 4.93. The molecular weight excluding hydrogens is 438 g/mol. The number of methoxy groups -OCH3 is 1. The van der Waals surface area contributed by atoms with E-state index in [1.807, 2.05) is 12.1 Å². The van der Waals surface area contributed by atoms with E-state index in [0.717, 1.165) is 31.2 Å². The van der Waals surface area contributed by atoms with Crippen LogP contribution in [0.5, 0.6) is 5.75 Å². The molecule has 0 aliphatic rings. The minimum atomic E-state index is -1.13. The molecule has 1 N–H and O–H groups in total. The van der Waals surface area contributed by atoms with Gasteiger partial charge in [-0.3, -0.25) is 9.59 Å². The Morgan fingerprint density at radius 2 is 1.64 bits per heavy atom.